The molecule has 0 radical (unpaired) electrons. The van der Waals surface area contributed by atoms with Crippen LogP contribution in [-0.2, 0) is 13.6 Å². The summed E-state index contributed by atoms with van der Waals surface area (Å²) in [4.78, 5) is 0. The van der Waals surface area contributed by atoms with Crippen LogP contribution >= 0.6 is 0 Å². The lowest BCUT2D eigenvalue weighted by atomic mass is 10.1. The first kappa shape index (κ1) is 12.8. The maximum Gasteiger partial charge on any atom is 0.0644 e. The maximum atomic E-state index is 4.46. The Balaban J connectivity index is 2.06. The van der Waals surface area contributed by atoms with E-state index in [4.69, 9.17) is 0 Å². The van der Waals surface area contributed by atoms with Gasteiger partial charge in [0, 0.05) is 30.9 Å². The first-order valence-corrected chi connectivity index (χ1v) is 6.37. The predicted octanol–water partition coefficient (Wildman–Crippen LogP) is 2.89. The summed E-state index contributed by atoms with van der Waals surface area (Å²) in [5.74, 6) is 0. The molecule has 0 aliphatic heterocycles. The van der Waals surface area contributed by atoms with Crippen molar-refractivity contribution in [2.24, 2.45) is 7.05 Å². The molecular formula is C15H21N3. The molecule has 1 unspecified atom stereocenters. The van der Waals surface area contributed by atoms with Crippen LogP contribution in [0.25, 0.3) is 0 Å². The van der Waals surface area contributed by atoms with Crippen LogP contribution in [0.1, 0.15) is 35.5 Å². The van der Waals surface area contributed by atoms with Gasteiger partial charge in [0.15, 0.2) is 0 Å². The molecular weight excluding hydrogens is 222 g/mol. The fraction of sp³-hybridized carbons (Fsp3) is 0.400. The van der Waals surface area contributed by atoms with E-state index in [2.05, 4.69) is 55.5 Å². The van der Waals surface area contributed by atoms with Crippen LogP contribution in [0.5, 0.6) is 0 Å². The number of benzene rings is 1. The van der Waals surface area contributed by atoms with Crippen molar-refractivity contribution >= 4 is 0 Å². The smallest absolute Gasteiger partial charge is 0.0644 e. The highest BCUT2D eigenvalue weighted by Crippen LogP contribution is 2.20. The topological polar surface area (TPSA) is 29.9 Å². The first-order valence-electron chi connectivity index (χ1n) is 6.37. The largest absolute Gasteiger partial charge is 0.306 e. The molecule has 0 fully saturated rings. The van der Waals surface area contributed by atoms with Crippen molar-refractivity contribution in [2.45, 2.75) is 33.4 Å². The molecule has 2 rings (SSSR count). The van der Waals surface area contributed by atoms with Gasteiger partial charge >= 0.3 is 0 Å². The minimum Gasteiger partial charge on any atom is -0.306 e. The van der Waals surface area contributed by atoms with Crippen LogP contribution in [-0.4, -0.2) is 9.78 Å². The number of aromatic nitrogens is 2. The van der Waals surface area contributed by atoms with E-state index in [1.807, 2.05) is 17.8 Å². The fourth-order valence-corrected chi connectivity index (χ4v) is 2.39. The highest BCUT2D eigenvalue weighted by molar-refractivity contribution is 5.27. The lowest BCUT2D eigenvalue weighted by molar-refractivity contribution is 0.568. The van der Waals surface area contributed by atoms with Gasteiger partial charge in [-0.1, -0.05) is 30.3 Å². The van der Waals surface area contributed by atoms with Crippen molar-refractivity contribution in [3.63, 3.8) is 0 Å². The summed E-state index contributed by atoms with van der Waals surface area (Å²) in [6.45, 7) is 7.27. The molecule has 0 saturated heterocycles. The molecule has 0 spiro atoms. The molecule has 1 aromatic heterocycles. The second-order valence-corrected chi connectivity index (χ2v) is 4.80. The van der Waals surface area contributed by atoms with Crippen molar-refractivity contribution in [2.75, 3.05) is 0 Å². The molecule has 0 aliphatic carbocycles. The van der Waals surface area contributed by atoms with Crippen LogP contribution in [0.4, 0.5) is 0 Å². The van der Waals surface area contributed by atoms with Crippen LogP contribution < -0.4 is 5.32 Å². The summed E-state index contributed by atoms with van der Waals surface area (Å²) in [7, 11) is 2.00. The summed E-state index contributed by atoms with van der Waals surface area (Å²) >= 11 is 0. The van der Waals surface area contributed by atoms with Gasteiger partial charge in [-0.15, -0.1) is 0 Å². The van der Waals surface area contributed by atoms with E-state index < -0.39 is 0 Å². The Morgan fingerprint density at radius 3 is 2.44 bits per heavy atom. The molecule has 18 heavy (non-hydrogen) atoms. The third-order valence-corrected chi connectivity index (χ3v) is 3.45. The standard InChI is InChI=1S/C15H21N3/c1-11(15-12(2)17-18(4)13(15)3)16-10-14-8-6-5-7-9-14/h5-9,11,16H,10H2,1-4H3. The monoisotopic (exact) mass is 243 g/mol. The Morgan fingerprint density at radius 1 is 1.22 bits per heavy atom. The predicted molar refractivity (Wildman–Crippen MR) is 74.4 cm³/mol. The van der Waals surface area contributed by atoms with Gasteiger partial charge < -0.3 is 5.32 Å². The van der Waals surface area contributed by atoms with Crippen LogP contribution in [0.3, 0.4) is 0 Å². The molecule has 1 aromatic carbocycles. The summed E-state index contributed by atoms with van der Waals surface area (Å²) in [6.07, 6.45) is 0. The Hall–Kier alpha value is -1.61. The minimum atomic E-state index is 0.318. The number of rotatable bonds is 4. The highest BCUT2D eigenvalue weighted by Gasteiger charge is 2.15. The highest BCUT2D eigenvalue weighted by atomic mass is 15.3. The van der Waals surface area contributed by atoms with Crippen molar-refractivity contribution in [1.29, 1.82) is 0 Å². The average Bonchev–Trinajstić information content (AvgIpc) is 2.62. The SMILES string of the molecule is Cc1nn(C)c(C)c1C(C)NCc1ccccc1. The van der Waals surface area contributed by atoms with E-state index in [-0.39, 0.29) is 0 Å². The molecule has 1 atom stereocenters. The number of nitrogens with zero attached hydrogens (tertiary/aromatic N) is 2. The second kappa shape index (κ2) is 5.36. The Bertz CT molecular complexity index is 514. The summed E-state index contributed by atoms with van der Waals surface area (Å²) in [5, 5.41) is 8.02. The van der Waals surface area contributed by atoms with Crippen LogP contribution in [0.2, 0.25) is 0 Å². The molecule has 0 aliphatic rings. The zero-order chi connectivity index (χ0) is 13.1. The Morgan fingerprint density at radius 2 is 1.89 bits per heavy atom. The first-order chi connectivity index (χ1) is 8.59. The molecule has 0 amide bonds. The summed E-state index contributed by atoms with van der Waals surface area (Å²) in [5.41, 5.74) is 4.97. The number of aryl methyl sites for hydroxylation is 2. The quantitative estimate of drug-likeness (QED) is 0.895. The number of nitrogens with one attached hydrogen (secondary N) is 1. The second-order valence-electron chi connectivity index (χ2n) is 4.80. The average molecular weight is 243 g/mol. The zero-order valence-electron chi connectivity index (χ0n) is 11.6. The Kier molecular flexibility index (Phi) is 3.82. The van der Waals surface area contributed by atoms with Gasteiger partial charge in [0.25, 0.3) is 0 Å². The lowest BCUT2D eigenvalue weighted by Crippen LogP contribution is -2.19. The zero-order valence-corrected chi connectivity index (χ0v) is 11.6. The molecule has 96 valence electrons. The molecule has 0 saturated carbocycles. The summed E-state index contributed by atoms with van der Waals surface area (Å²) in [6, 6.07) is 10.8. The van der Waals surface area contributed by atoms with Crippen molar-refractivity contribution < 1.29 is 0 Å². The van der Waals surface area contributed by atoms with E-state index in [0.717, 1.165) is 12.2 Å². The molecule has 1 N–H and O–H groups in total. The van der Waals surface area contributed by atoms with Crippen molar-refractivity contribution in [1.82, 2.24) is 15.1 Å². The van der Waals surface area contributed by atoms with E-state index in [0.29, 0.717) is 6.04 Å². The fourth-order valence-electron chi connectivity index (χ4n) is 2.39. The van der Waals surface area contributed by atoms with Gasteiger partial charge in [0.05, 0.1) is 5.69 Å². The van der Waals surface area contributed by atoms with Crippen molar-refractivity contribution in [3.8, 4) is 0 Å². The van der Waals surface area contributed by atoms with Crippen molar-refractivity contribution in [3.05, 3.63) is 52.8 Å². The van der Waals surface area contributed by atoms with Crippen LogP contribution in [0, 0.1) is 13.8 Å². The van der Waals surface area contributed by atoms with E-state index >= 15 is 0 Å². The third-order valence-electron chi connectivity index (χ3n) is 3.45. The normalized spacial score (nSPS) is 12.7. The van der Waals surface area contributed by atoms with E-state index in [9.17, 15) is 0 Å². The third kappa shape index (κ3) is 2.62. The van der Waals surface area contributed by atoms with E-state index in [1.54, 1.807) is 0 Å². The Labute approximate surface area is 109 Å². The minimum absolute atomic E-state index is 0.318. The van der Waals surface area contributed by atoms with Gasteiger partial charge in [-0.3, -0.25) is 4.68 Å². The van der Waals surface area contributed by atoms with Gasteiger partial charge in [-0.2, -0.15) is 5.10 Å². The van der Waals surface area contributed by atoms with E-state index in [1.165, 1.54) is 16.8 Å². The molecule has 3 heteroatoms. The molecule has 0 bridgehead atoms. The van der Waals surface area contributed by atoms with Gasteiger partial charge in [0.1, 0.15) is 0 Å². The molecule has 3 nitrogen and oxygen atoms in total. The van der Waals surface area contributed by atoms with Crippen LogP contribution in [0.15, 0.2) is 30.3 Å². The number of hydrogen-bond donors (Lipinski definition) is 1. The van der Waals surface area contributed by atoms with Gasteiger partial charge in [0.2, 0.25) is 0 Å². The lowest BCUT2D eigenvalue weighted by Gasteiger charge is -2.14. The molecule has 1 heterocycles. The number of hydrogen-bond acceptors (Lipinski definition) is 2. The molecule has 2 aromatic rings. The maximum absolute atomic E-state index is 4.46. The van der Waals surface area contributed by atoms with Gasteiger partial charge in [-0.25, -0.2) is 0 Å². The summed E-state index contributed by atoms with van der Waals surface area (Å²) < 4.78 is 1.95. The van der Waals surface area contributed by atoms with Gasteiger partial charge in [-0.05, 0) is 26.3 Å².